The maximum atomic E-state index is 5.95. The zero-order valence-electron chi connectivity index (χ0n) is 12.0. The fourth-order valence-corrected chi connectivity index (χ4v) is 2.99. The summed E-state index contributed by atoms with van der Waals surface area (Å²) in [6.45, 7) is 10.3. The van der Waals surface area contributed by atoms with Crippen molar-refractivity contribution >= 4 is 0 Å². The zero-order chi connectivity index (χ0) is 12.8. The first kappa shape index (κ1) is 14.3. The van der Waals surface area contributed by atoms with Crippen molar-refractivity contribution in [2.24, 2.45) is 0 Å². The molecular formula is C14H29N3O. The highest BCUT2D eigenvalue weighted by atomic mass is 16.5. The fraction of sp³-hybridized carbons (Fsp3) is 1.00. The van der Waals surface area contributed by atoms with Gasteiger partial charge in [0.2, 0.25) is 0 Å². The smallest absolute Gasteiger partial charge is 0.0599 e. The molecule has 1 atom stereocenters. The molecule has 1 unspecified atom stereocenters. The van der Waals surface area contributed by atoms with Gasteiger partial charge in [-0.25, -0.2) is 0 Å². The Morgan fingerprint density at radius 2 is 2.00 bits per heavy atom. The van der Waals surface area contributed by atoms with Crippen LogP contribution in [0.15, 0.2) is 0 Å². The topological polar surface area (TPSA) is 27.7 Å². The van der Waals surface area contributed by atoms with E-state index in [0.717, 1.165) is 19.7 Å². The molecule has 0 spiro atoms. The van der Waals surface area contributed by atoms with Crippen molar-refractivity contribution < 1.29 is 4.74 Å². The summed E-state index contributed by atoms with van der Waals surface area (Å²) >= 11 is 0. The van der Waals surface area contributed by atoms with Crippen LogP contribution in [0.5, 0.6) is 0 Å². The van der Waals surface area contributed by atoms with E-state index in [-0.39, 0.29) is 0 Å². The molecule has 0 amide bonds. The summed E-state index contributed by atoms with van der Waals surface area (Å²) < 4.78 is 5.95. The molecule has 0 radical (unpaired) electrons. The number of nitrogens with zero attached hydrogens (tertiary/aromatic N) is 2. The SMILES string of the molecule is CC1CN(C)CCN1CCCOC1CCNCC1. The van der Waals surface area contributed by atoms with Gasteiger partial charge in [-0.05, 0) is 46.3 Å². The molecule has 2 aliphatic rings. The number of nitrogens with one attached hydrogen (secondary N) is 1. The molecule has 0 aromatic heterocycles. The Morgan fingerprint density at radius 1 is 1.22 bits per heavy atom. The second kappa shape index (κ2) is 7.43. The van der Waals surface area contributed by atoms with Crippen LogP contribution in [0.1, 0.15) is 26.2 Å². The highest BCUT2D eigenvalue weighted by Gasteiger charge is 2.20. The molecule has 2 heterocycles. The van der Waals surface area contributed by atoms with Crippen LogP contribution >= 0.6 is 0 Å². The van der Waals surface area contributed by atoms with Crippen molar-refractivity contribution in [3.63, 3.8) is 0 Å². The highest BCUT2D eigenvalue weighted by Crippen LogP contribution is 2.10. The minimum Gasteiger partial charge on any atom is -0.378 e. The van der Waals surface area contributed by atoms with E-state index in [9.17, 15) is 0 Å². The molecule has 2 rings (SSSR count). The highest BCUT2D eigenvalue weighted by molar-refractivity contribution is 4.77. The molecular weight excluding hydrogens is 226 g/mol. The van der Waals surface area contributed by atoms with E-state index in [1.165, 1.54) is 45.4 Å². The molecule has 2 saturated heterocycles. The third-order valence-electron chi connectivity index (χ3n) is 4.20. The third-order valence-corrected chi connectivity index (χ3v) is 4.20. The molecule has 106 valence electrons. The van der Waals surface area contributed by atoms with Gasteiger partial charge in [-0.1, -0.05) is 0 Å². The lowest BCUT2D eigenvalue weighted by Gasteiger charge is -2.38. The molecule has 0 aromatic rings. The summed E-state index contributed by atoms with van der Waals surface area (Å²) in [4.78, 5) is 5.03. The maximum Gasteiger partial charge on any atom is 0.0599 e. The molecule has 4 nitrogen and oxygen atoms in total. The molecule has 0 bridgehead atoms. The number of likely N-dealkylation sites (N-methyl/N-ethyl adjacent to an activating group) is 1. The van der Waals surface area contributed by atoms with Crippen LogP contribution in [0.4, 0.5) is 0 Å². The Balaban J connectivity index is 1.54. The van der Waals surface area contributed by atoms with Crippen molar-refractivity contribution in [3.8, 4) is 0 Å². The Bertz CT molecular complexity index is 231. The summed E-state index contributed by atoms with van der Waals surface area (Å²) in [7, 11) is 2.22. The normalized spacial score (nSPS) is 28.7. The molecule has 0 aliphatic carbocycles. The van der Waals surface area contributed by atoms with Gasteiger partial charge in [0, 0.05) is 38.8 Å². The Labute approximate surface area is 112 Å². The fourth-order valence-electron chi connectivity index (χ4n) is 2.99. The standard InChI is InChI=1S/C14H29N3O/c1-13-12-16(2)9-10-17(13)8-3-11-18-14-4-6-15-7-5-14/h13-15H,3-12H2,1-2H3. The van der Waals surface area contributed by atoms with Gasteiger partial charge in [0.25, 0.3) is 0 Å². The van der Waals surface area contributed by atoms with Gasteiger partial charge in [-0.2, -0.15) is 0 Å². The number of rotatable bonds is 5. The summed E-state index contributed by atoms with van der Waals surface area (Å²) in [6, 6.07) is 0.697. The van der Waals surface area contributed by atoms with Gasteiger partial charge < -0.3 is 15.0 Å². The zero-order valence-corrected chi connectivity index (χ0v) is 12.0. The lowest BCUT2D eigenvalue weighted by Crippen LogP contribution is -2.50. The van der Waals surface area contributed by atoms with Crippen molar-refractivity contribution in [2.75, 3.05) is 52.9 Å². The van der Waals surface area contributed by atoms with Gasteiger partial charge >= 0.3 is 0 Å². The molecule has 2 fully saturated rings. The van der Waals surface area contributed by atoms with Crippen molar-refractivity contribution in [1.82, 2.24) is 15.1 Å². The van der Waals surface area contributed by atoms with Gasteiger partial charge in [-0.15, -0.1) is 0 Å². The van der Waals surface area contributed by atoms with Gasteiger partial charge in [0.05, 0.1) is 6.10 Å². The first-order valence-electron chi connectivity index (χ1n) is 7.50. The van der Waals surface area contributed by atoms with E-state index >= 15 is 0 Å². The summed E-state index contributed by atoms with van der Waals surface area (Å²) in [5.74, 6) is 0. The molecule has 0 saturated carbocycles. The van der Waals surface area contributed by atoms with Crippen LogP contribution in [0.3, 0.4) is 0 Å². The van der Waals surface area contributed by atoms with Crippen LogP contribution in [0.25, 0.3) is 0 Å². The Hall–Kier alpha value is -0.160. The first-order chi connectivity index (χ1) is 8.75. The average molecular weight is 255 g/mol. The van der Waals surface area contributed by atoms with Crippen molar-refractivity contribution in [1.29, 1.82) is 0 Å². The molecule has 1 N–H and O–H groups in total. The van der Waals surface area contributed by atoms with E-state index in [2.05, 4.69) is 29.1 Å². The summed E-state index contributed by atoms with van der Waals surface area (Å²) in [5.41, 5.74) is 0. The lowest BCUT2D eigenvalue weighted by molar-refractivity contribution is 0.0216. The van der Waals surface area contributed by atoms with Crippen molar-refractivity contribution in [2.45, 2.75) is 38.3 Å². The van der Waals surface area contributed by atoms with E-state index in [4.69, 9.17) is 4.74 Å². The van der Waals surface area contributed by atoms with Crippen LogP contribution in [0, 0.1) is 0 Å². The summed E-state index contributed by atoms with van der Waals surface area (Å²) in [6.07, 6.45) is 4.06. The van der Waals surface area contributed by atoms with Crippen LogP contribution in [-0.4, -0.2) is 74.9 Å². The average Bonchev–Trinajstić information content (AvgIpc) is 2.38. The number of hydrogen-bond donors (Lipinski definition) is 1. The number of piperazine rings is 1. The van der Waals surface area contributed by atoms with Crippen LogP contribution in [-0.2, 0) is 4.74 Å². The molecule has 4 heteroatoms. The first-order valence-corrected chi connectivity index (χ1v) is 7.50. The minimum atomic E-state index is 0.510. The number of ether oxygens (including phenoxy) is 1. The molecule has 0 aromatic carbocycles. The number of hydrogen-bond acceptors (Lipinski definition) is 4. The van der Waals surface area contributed by atoms with Crippen LogP contribution < -0.4 is 5.32 Å². The van der Waals surface area contributed by atoms with E-state index < -0.39 is 0 Å². The number of piperidine rings is 1. The monoisotopic (exact) mass is 255 g/mol. The maximum absolute atomic E-state index is 5.95. The van der Waals surface area contributed by atoms with E-state index in [1.54, 1.807) is 0 Å². The predicted molar refractivity (Wildman–Crippen MR) is 75.0 cm³/mol. The molecule has 2 aliphatic heterocycles. The molecule has 18 heavy (non-hydrogen) atoms. The Kier molecular flexibility index (Phi) is 5.89. The lowest BCUT2D eigenvalue weighted by atomic mass is 10.1. The van der Waals surface area contributed by atoms with Crippen molar-refractivity contribution in [3.05, 3.63) is 0 Å². The van der Waals surface area contributed by atoms with E-state index in [1.807, 2.05) is 0 Å². The van der Waals surface area contributed by atoms with Gasteiger partial charge in [0.1, 0.15) is 0 Å². The van der Waals surface area contributed by atoms with E-state index in [0.29, 0.717) is 12.1 Å². The predicted octanol–water partition coefficient (Wildman–Crippen LogP) is 0.781. The van der Waals surface area contributed by atoms with Crippen LogP contribution in [0.2, 0.25) is 0 Å². The van der Waals surface area contributed by atoms with Gasteiger partial charge in [0.15, 0.2) is 0 Å². The quantitative estimate of drug-likeness (QED) is 0.735. The Morgan fingerprint density at radius 3 is 2.72 bits per heavy atom. The third kappa shape index (κ3) is 4.50. The second-order valence-corrected chi connectivity index (χ2v) is 5.82. The summed E-state index contributed by atoms with van der Waals surface area (Å²) in [5, 5.41) is 3.37. The second-order valence-electron chi connectivity index (χ2n) is 5.82. The van der Waals surface area contributed by atoms with Gasteiger partial charge in [-0.3, -0.25) is 4.90 Å². The largest absolute Gasteiger partial charge is 0.378 e. The minimum absolute atomic E-state index is 0.510.